The van der Waals surface area contributed by atoms with Crippen LogP contribution in [0.3, 0.4) is 0 Å². The van der Waals surface area contributed by atoms with Gasteiger partial charge in [-0.2, -0.15) is 11.3 Å². The van der Waals surface area contributed by atoms with Gasteiger partial charge in [-0.15, -0.1) is 0 Å². The monoisotopic (exact) mass is 303 g/mol. The van der Waals surface area contributed by atoms with E-state index in [1.807, 2.05) is 33.9 Å². The molecule has 3 rings (SSSR count). The maximum Gasteiger partial charge on any atom is 0.227 e. The molecule has 1 aliphatic heterocycles. The smallest absolute Gasteiger partial charge is 0.227 e. The van der Waals surface area contributed by atoms with Crippen molar-refractivity contribution in [2.24, 2.45) is 0 Å². The number of ether oxygens (including phenoxy) is 1. The Labute approximate surface area is 127 Å². The lowest BCUT2D eigenvalue weighted by Gasteiger charge is -2.32. The van der Waals surface area contributed by atoms with Gasteiger partial charge in [-0.1, -0.05) is 6.07 Å². The Morgan fingerprint density at radius 2 is 2.38 bits per heavy atom. The van der Waals surface area contributed by atoms with E-state index in [1.54, 1.807) is 17.4 Å². The van der Waals surface area contributed by atoms with E-state index in [0.29, 0.717) is 31.9 Å². The molecule has 3 heterocycles. The highest BCUT2D eigenvalue weighted by atomic mass is 32.1. The number of pyridine rings is 1. The third kappa shape index (κ3) is 3.40. The summed E-state index contributed by atoms with van der Waals surface area (Å²) < 4.78 is 5.72. The van der Waals surface area contributed by atoms with Crippen LogP contribution >= 0.6 is 11.3 Å². The first kappa shape index (κ1) is 14.0. The third-order valence-electron chi connectivity index (χ3n) is 3.48. The second kappa shape index (κ2) is 6.24. The first-order valence-corrected chi connectivity index (χ1v) is 7.79. The summed E-state index contributed by atoms with van der Waals surface area (Å²) in [6, 6.07) is 7.47. The molecule has 1 fully saturated rings. The number of morpholine rings is 1. The summed E-state index contributed by atoms with van der Waals surface area (Å²) in [7, 11) is 0. The zero-order valence-corrected chi connectivity index (χ0v) is 12.4. The average molecular weight is 303 g/mol. The number of nitrogen functional groups attached to an aromatic ring is 1. The first-order valence-electron chi connectivity index (χ1n) is 6.85. The molecule has 2 N–H and O–H groups in total. The lowest BCUT2D eigenvalue weighted by Crippen LogP contribution is -2.43. The van der Waals surface area contributed by atoms with Crippen molar-refractivity contribution in [3.63, 3.8) is 0 Å². The SMILES string of the molecule is Nc1cccc([C@H]2CN(C(=O)Cc3ccsc3)CCO2)n1. The molecule has 0 radical (unpaired) electrons. The van der Waals surface area contributed by atoms with Gasteiger partial charge < -0.3 is 15.4 Å². The minimum atomic E-state index is -0.200. The number of anilines is 1. The lowest BCUT2D eigenvalue weighted by atomic mass is 10.1. The molecule has 0 bridgehead atoms. The molecule has 0 unspecified atom stereocenters. The lowest BCUT2D eigenvalue weighted by molar-refractivity contribution is -0.138. The van der Waals surface area contributed by atoms with E-state index < -0.39 is 0 Å². The van der Waals surface area contributed by atoms with Gasteiger partial charge in [0.2, 0.25) is 5.91 Å². The summed E-state index contributed by atoms with van der Waals surface area (Å²) >= 11 is 1.61. The minimum Gasteiger partial charge on any atom is -0.384 e. The van der Waals surface area contributed by atoms with Crippen molar-refractivity contribution < 1.29 is 9.53 Å². The van der Waals surface area contributed by atoms with Crippen LogP contribution in [0, 0.1) is 0 Å². The molecule has 2 aromatic heterocycles. The number of amides is 1. The van der Waals surface area contributed by atoms with Gasteiger partial charge in [-0.05, 0) is 34.5 Å². The number of hydrogen-bond donors (Lipinski definition) is 1. The molecule has 0 aromatic carbocycles. The van der Waals surface area contributed by atoms with Gasteiger partial charge in [0.15, 0.2) is 0 Å². The summed E-state index contributed by atoms with van der Waals surface area (Å²) in [4.78, 5) is 18.5. The molecule has 0 aliphatic carbocycles. The van der Waals surface area contributed by atoms with Crippen molar-refractivity contribution in [3.8, 4) is 0 Å². The Morgan fingerprint density at radius 3 is 3.14 bits per heavy atom. The van der Waals surface area contributed by atoms with Gasteiger partial charge in [0.05, 0.1) is 25.3 Å². The Balaban J connectivity index is 1.66. The summed E-state index contributed by atoms with van der Waals surface area (Å²) in [5.74, 6) is 0.600. The van der Waals surface area contributed by atoms with Crippen LogP contribution in [-0.4, -0.2) is 35.5 Å². The van der Waals surface area contributed by atoms with Crippen LogP contribution in [0.1, 0.15) is 17.4 Å². The van der Waals surface area contributed by atoms with Crippen molar-refractivity contribution in [3.05, 3.63) is 46.3 Å². The fourth-order valence-corrected chi connectivity index (χ4v) is 3.05. The summed E-state index contributed by atoms with van der Waals surface area (Å²) in [5, 5.41) is 4.00. The number of nitrogens with two attached hydrogens (primary N) is 1. The van der Waals surface area contributed by atoms with Crippen molar-refractivity contribution >= 4 is 23.1 Å². The molecule has 1 amide bonds. The number of nitrogens with zero attached hydrogens (tertiary/aromatic N) is 2. The van der Waals surface area contributed by atoms with Gasteiger partial charge >= 0.3 is 0 Å². The first-order chi connectivity index (χ1) is 10.2. The van der Waals surface area contributed by atoms with E-state index >= 15 is 0 Å². The number of carbonyl (C=O) groups excluding carboxylic acids is 1. The molecular weight excluding hydrogens is 286 g/mol. The zero-order valence-electron chi connectivity index (χ0n) is 11.6. The van der Waals surface area contributed by atoms with E-state index in [2.05, 4.69) is 4.98 Å². The predicted molar refractivity (Wildman–Crippen MR) is 81.9 cm³/mol. The van der Waals surface area contributed by atoms with Gasteiger partial charge in [-0.3, -0.25) is 4.79 Å². The molecule has 6 heteroatoms. The third-order valence-corrected chi connectivity index (χ3v) is 4.21. The van der Waals surface area contributed by atoms with Crippen LogP contribution in [0.5, 0.6) is 0 Å². The molecule has 1 saturated heterocycles. The van der Waals surface area contributed by atoms with Gasteiger partial charge in [0, 0.05) is 6.54 Å². The molecule has 0 saturated carbocycles. The van der Waals surface area contributed by atoms with Gasteiger partial charge in [-0.25, -0.2) is 4.98 Å². The molecule has 21 heavy (non-hydrogen) atoms. The maximum absolute atomic E-state index is 12.3. The largest absolute Gasteiger partial charge is 0.384 e. The van der Waals surface area contributed by atoms with Crippen molar-refractivity contribution in [2.45, 2.75) is 12.5 Å². The van der Waals surface area contributed by atoms with Crippen LogP contribution in [0.4, 0.5) is 5.82 Å². The highest BCUT2D eigenvalue weighted by Crippen LogP contribution is 2.22. The molecule has 0 spiro atoms. The second-order valence-corrected chi connectivity index (χ2v) is 5.77. The van der Waals surface area contributed by atoms with Crippen molar-refractivity contribution in [1.29, 1.82) is 0 Å². The van der Waals surface area contributed by atoms with E-state index in [9.17, 15) is 4.79 Å². The molecule has 1 atom stereocenters. The standard InChI is InChI=1S/C15H17N3O2S/c16-14-3-1-2-12(17-14)13-9-18(5-6-20-13)15(19)8-11-4-7-21-10-11/h1-4,7,10,13H,5-6,8-9H2,(H2,16,17)/t13-/m1/s1. The molecule has 2 aromatic rings. The zero-order chi connectivity index (χ0) is 14.7. The van der Waals surface area contributed by atoms with E-state index in [-0.39, 0.29) is 12.0 Å². The number of aromatic nitrogens is 1. The highest BCUT2D eigenvalue weighted by Gasteiger charge is 2.26. The molecule has 110 valence electrons. The van der Waals surface area contributed by atoms with Crippen molar-refractivity contribution in [1.82, 2.24) is 9.88 Å². The second-order valence-electron chi connectivity index (χ2n) is 4.99. The number of carbonyl (C=O) groups is 1. The normalized spacial score (nSPS) is 18.7. The average Bonchev–Trinajstić information content (AvgIpc) is 3.00. The van der Waals surface area contributed by atoms with Crippen LogP contribution < -0.4 is 5.73 Å². The Hall–Kier alpha value is -1.92. The fourth-order valence-electron chi connectivity index (χ4n) is 2.38. The van der Waals surface area contributed by atoms with E-state index in [0.717, 1.165) is 11.3 Å². The Kier molecular flexibility index (Phi) is 4.17. The van der Waals surface area contributed by atoms with Gasteiger partial charge in [0.25, 0.3) is 0 Å². The summed E-state index contributed by atoms with van der Waals surface area (Å²) in [6.45, 7) is 1.68. The molecule has 5 nitrogen and oxygen atoms in total. The van der Waals surface area contributed by atoms with Crippen LogP contribution in [0.2, 0.25) is 0 Å². The summed E-state index contributed by atoms with van der Waals surface area (Å²) in [5.41, 5.74) is 7.55. The fraction of sp³-hybridized carbons (Fsp3) is 0.333. The summed E-state index contributed by atoms with van der Waals surface area (Å²) in [6.07, 6.45) is 0.245. The Bertz CT molecular complexity index is 615. The van der Waals surface area contributed by atoms with Crippen LogP contribution in [0.25, 0.3) is 0 Å². The molecule has 1 aliphatic rings. The van der Waals surface area contributed by atoms with E-state index in [1.165, 1.54) is 0 Å². The van der Waals surface area contributed by atoms with Gasteiger partial charge in [0.1, 0.15) is 11.9 Å². The van der Waals surface area contributed by atoms with Crippen molar-refractivity contribution in [2.75, 3.05) is 25.4 Å². The minimum absolute atomic E-state index is 0.130. The maximum atomic E-state index is 12.3. The Morgan fingerprint density at radius 1 is 1.48 bits per heavy atom. The quantitative estimate of drug-likeness (QED) is 0.940. The number of rotatable bonds is 3. The predicted octanol–water partition coefficient (Wildman–Crippen LogP) is 1.87. The number of hydrogen-bond acceptors (Lipinski definition) is 5. The van der Waals surface area contributed by atoms with Crippen LogP contribution in [0.15, 0.2) is 35.0 Å². The van der Waals surface area contributed by atoms with E-state index in [4.69, 9.17) is 10.5 Å². The van der Waals surface area contributed by atoms with Crippen LogP contribution in [-0.2, 0) is 16.0 Å². The highest BCUT2D eigenvalue weighted by molar-refractivity contribution is 7.07. The molecular formula is C15H17N3O2S. The number of thiophene rings is 1. The topological polar surface area (TPSA) is 68.5 Å².